The second-order valence-electron chi connectivity index (χ2n) is 5.53. The fourth-order valence-electron chi connectivity index (χ4n) is 2.91. The Bertz CT molecular complexity index is 558. The SMILES string of the molecule is Cn1c(CNCCOC2CCCC2)nc2ccccc21. The highest BCUT2D eigenvalue weighted by molar-refractivity contribution is 5.75. The molecule has 20 heavy (non-hydrogen) atoms. The van der Waals surface area contributed by atoms with Gasteiger partial charge in [0, 0.05) is 13.6 Å². The van der Waals surface area contributed by atoms with Crippen LogP contribution in [0.1, 0.15) is 31.5 Å². The van der Waals surface area contributed by atoms with Gasteiger partial charge in [-0.2, -0.15) is 0 Å². The van der Waals surface area contributed by atoms with E-state index in [0.717, 1.165) is 31.0 Å². The van der Waals surface area contributed by atoms with Crippen LogP contribution in [-0.2, 0) is 18.3 Å². The third-order valence-electron chi connectivity index (χ3n) is 4.10. The number of aromatic nitrogens is 2. The molecular formula is C16H23N3O. The number of rotatable bonds is 6. The summed E-state index contributed by atoms with van der Waals surface area (Å²) in [5.74, 6) is 1.08. The Labute approximate surface area is 120 Å². The number of aryl methyl sites for hydroxylation is 1. The predicted octanol–water partition coefficient (Wildman–Crippen LogP) is 2.62. The number of hydrogen-bond acceptors (Lipinski definition) is 3. The van der Waals surface area contributed by atoms with Crippen molar-refractivity contribution in [1.82, 2.24) is 14.9 Å². The van der Waals surface area contributed by atoms with Crippen LogP contribution in [0.25, 0.3) is 11.0 Å². The molecule has 0 radical (unpaired) electrons. The van der Waals surface area contributed by atoms with Gasteiger partial charge in [0.05, 0.1) is 30.3 Å². The summed E-state index contributed by atoms with van der Waals surface area (Å²) in [6.45, 7) is 2.48. The van der Waals surface area contributed by atoms with Gasteiger partial charge in [0.2, 0.25) is 0 Å². The Kier molecular flexibility index (Phi) is 4.33. The molecule has 0 aliphatic heterocycles. The smallest absolute Gasteiger partial charge is 0.123 e. The van der Waals surface area contributed by atoms with E-state index in [2.05, 4.69) is 40.1 Å². The zero-order valence-electron chi connectivity index (χ0n) is 12.1. The molecular weight excluding hydrogens is 250 g/mol. The molecule has 0 bridgehead atoms. The molecule has 1 fully saturated rings. The lowest BCUT2D eigenvalue weighted by Crippen LogP contribution is -2.23. The third kappa shape index (κ3) is 3.02. The van der Waals surface area contributed by atoms with Gasteiger partial charge in [0.1, 0.15) is 5.82 Å². The summed E-state index contributed by atoms with van der Waals surface area (Å²) in [5.41, 5.74) is 2.25. The van der Waals surface area contributed by atoms with Crippen LogP contribution < -0.4 is 5.32 Å². The zero-order valence-corrected chi connectivity index (χ0v) is 12.1. The summed E-state index contributed by atoms with van der Waals surface area (Å²) < 4.78 is 7.99. The number of para-hydroxylation sites is 2. The Morgan fingerprint density at radius 1 is 1.30 bits per heavy atom. The van der Waals surface area contributed by atoms with Gasteiger partial charge in [-0.1, -0.05) is 25.0 Å². The molecule has 0 atom stereocenters. The van der Waals surface area contributed by atoms with E-state index in [1.54, 1.807) is 0 Å². The largest absolute Gasteiger partial charge is 0.377 e. The van der Waals surface area contributed by atoms with Gasteiger partial charge in [0.15, 0.2) is 0 Å². The molecule has 1 heterocycles. The van der Waals surface area contributed by atoms with E-state index in [4.69, 9.17) is 4.74 Å². The molecule has 2 aromatic rings. The minimum absolute atomic E-state index is 0.507. The summed E-state index contributed by atoms with van der Waals surface area (Å²) in [6, 6.07) is 8.25. The summed E-state index contributed by atoms with van der Waals surface area (Å²) in [6.07, 6.45) is 5.65. The van der Waals surface area contributed by atoms with Crippen LogP contribution in [0.3, 0.4) is 0 Å². The average molecular weight is 273 g/mol. The zero-order chi connectivity index (χ0) is 13.8. The summed E-state index contributed by atoms with van der Waals surface area (Å²) in [7, 11) is 2.07. The number of ether oxygens (including phenoxy) is 1. The summed E-state index contributed by atoms with van der Waals surface area (Å²) in [5, 5.41) is 3.42. The van der Waals surface area contributed by atoms with Crippen molar-refractivity contribution in [2.24, 2.45) is 7.05 Å². The van der Waals surface area contributed by atoms with Crippen molar-refractivity contribution < 1.29 is 4.74 Å². The van der Waals surface area contributed by atoms with Crippen LogP contribution in [0.15, 0.2) is 24.3 Å². The molecule has 0 amide bonds. The maximum absolute atomic E-state index is 5.84. The van der Waals surface area contributed by atoms with Gasteiger partial charge in [-0.05, 0) is 25.0 Å². The van der Waals surface area contributed by atoms with Crippen LogP contribution in [0, 0.1) is 0 Å². The molecule has 4 heteroatoms. The number of benzene rings is 1. The Morgan fingerprint density at radius 3 is 2.90 bits per heavy atom. The first-order chi connectivity index (χ1) is 9.84. The first kappa shape index (κ1) is 13.6. The fourth-order valence-corrected chi connectivity index (χ4v) is 2.91. The summed E-state index contributed by atoms with van der Waals surface area (Å²) >= 11 is 0. The second-order valence-corrected chi connectivity index (χ2v) is 5.53. The molecule has 3 rings (SSSR count). The van der Waals surface area contributed by atoms with Crippen molar-refractivity contribution in [3.63, 3.8) is 0 Å². The predicted molar refractivity (Wildman–Crippen MR) is 80.6 cm³/mol. The van der Waals surface area contributed by atoms with Crippen molar-refractivity contribution in [3.05, 3.63) is 30.1 Å². The number of fused-ring (bicyclic) bond motifs is 1. The highest BCUT2D eigenvalue weighted by Crippen LogP contribution is 2.20. The Balaban J connectivity index is 1.46. The molecule has 1 aliphatic rings. The molecule has 1 N–H and O–H groups in total. The molecule has 0 spiro atoms. The van der Waals surface area contributed by atoms with E-state index < -0.39 is 0 Å². The quantitative estimate of drug-likeness (QED) is 0.822. The Morgan fingerprint density at radius 2 is 2.10 bits per heavy atom. The monoisotopic (exact) mass is 273 g/mol. The first-order valence-corrected chi connectivity index (χ1v) is 7.57. The van der Waals surface area contributed by atoms with Crippen molar-refractivity contribution in [2.45, 2.75) is 38.3 Å². The molecule has 108 valence electrons. The minimum atomic E-state index is 0.507. The van der Waals surface area contributed by atoms with Gasteiger partial charge in [-0.15, -0.1) is 0 Å². The van der Waals surface area contributed by atoms with Gasteiger partial charge in [-0.3, -0.25) is 0 Å². The van der Waals surface area contributed by atoms with E-state index in [-0.39, 0.29) is 0 Å². The fraction of sp³-hybridized carbons (Fsp3) is 0.562. The molecule has 1 aromatic heterocycles. The maximum Gasteiger partial charge on any atom is 0.123 e. The molecule has 1 saturated carbocycles. The van der Waals surface area contributed by atoms with Gasteiger partial charge >= 0.3 is 0 Å². The molecule has 4 nitrogen and oxygen atoms in total. The highest BCUT2D eigenvalue weighted by Gasteiger charge is 2.14. The number of hydrogen-bond donors (Lipinski definition) is 1. The number of imidazole rings is 1. The van der Waals surface area contributed by atoms with Crippen LogP contribution in [0.5, 0.6) is 0 Å². The van der Waals surface area contributed by atoms with Gasteiger partial charge in [0.25, 0.3) is 0 Å². The summed E-state index contributed by atoms with van der Waals surface area (Å²) in [4.78, 5) is 4.65. The number of nitrogens with zero attached hydrogens (tertiary/aromatic N) is 2. The molecule has 1 aliphatic carbocycles. The van der Waals surface area contributed by atoms with E-state index in [0.29, 0.717) is 6.10 Å². The van der Waals surface area contributed by atoms with Gasteiger partial charge < -0.3 is 14.6 Å². The molecule has 0 unspecified atom stereocenters. The lowest BCUT2D eigenvalue weighted by molar-refractivity contribution is 0.0602. The van der Waals surface area contributed by atoms with E-state index in [1.165, 1.54) is 31.2 Å². The van der Waals surface area contributed by atoms with Crippen LogP contribution in [0.2, 0.25) is 0 Å². The molecule has 1 aromatic carbocycles. The first-order valence-electron chi connectivity index (χ1n) is 7.57. The van der Waals surface area contributed by atoms with Crippen LogP contribution >= 0.6 is 0 Å². The number of nitrogens with one attached hydrogen (secondary N) is 1. The minimum Gasteiger partial charge on any atom is -0.377 e. The molecule has 0 saturated heterocycles. The topological polar surface area (TPSA) is 39.1 Å². The van der Waals surface area contributed by atoms with E-state index in [9.17, 15) is 0 Å². The lowest BCUT2D eigenvalue weighted by atomic mass is 10.3. The van der Waals surface area contributed by atoms with E-state index in [1.807, 2.05) is 6.07 Å². The van der Waals surface area contributed by atoms with Gasteiger partial charge in [-0.25, -0.2) is 4.98 Å². The van der Waals surface area contributed by atoms with Crippen LogP contribution in [-0.4, -0.2) is 28.8 Å². The van der Waals surface area contributed by atoms with Crippen LogP contribution in [0.4, 0.5) is 0 Å². The third-order valence-corrected chi connectivity index (χ3v) is 4.10. The lowest BCUT2D eigenvalue weighted by Gasteiger charge is -2.11. The normalized spacial score (nSPS) is 16.2. The van der Waals surface area contributed by atoms with Crippen molar-refractivity contribution in [2.75, 3.05) is 13.2 Å². The standard InChI is InChI=1S/C16H23N3O/c1-19-15-9-5-4-8-14(15)18-16(19)12-17-10-11-20-13-6-2-3-7-13/h4-5,8-9,13,17H,2-3,6-7,10-12H2,1H3. The van der Waals surface area contributed by atoms with Crippen molar-refractivity contribution >= 4 is 11.0 Å². The van der Waals surface area contributed by atoms with Crippen molar-refractivity contribution in [3.8, 4) is 0 Å². The average Bonchev–Trinajstić information content (AvgIpc) is 3.08. The highest BCUT2D eigenvalue weighted by atomic mass is 16.5. The maximum atomic E-state index is 5.84. The Hall–Kier alpha value is -1.39. The van der Waals surface area contributed by atoms with Crippen molar-refractivity contribution in [1.29, 1.82) is 0 Å². The second kappa shape index (κ2) is 6.37. The van der Waals surface area contributed by atoms with E-state index >= 15 is 0 Å².